The number of rotatable bonds is 5. The third-order valence-corrected chi connectivity index (χ3v) is 4.96. The van der Waals surface area contributed by atoms with E-state index < -0.39 is 0 Å². The number of amides is 2. The van der Waals surface area contributed by atoms with Gasteiger partial charge in [-0.1, -0.05) is 30.3 Å². The molecule has 4 heteroatoms. The molecule has 1 saturated heterocycles. The molecule has 2 N–H and O–H groups in total. The highest BCUT2D eigenvalue weighted by Gasteiger charge is 2.33. The van der Waals surface area contributed by atoms with Crippen molar-refractivity contribution < 1.29 is 9.90 Å². The van der Waals surface area contributed by atoms with Crippen LogP contribution < -0.4 is 5.32 Å². The maximum absolute atomic E-state index is 12.5. The maximum atomic E-state index is 12.5. The molecule has 1 unspecified atom stereocenters. The molecule has 2 amide bonds. The molecule has 1 saturated carbocycles. The number of carbonyl (C=O) groups excluding carboxylic acids is 1. The molecule has 0 spiro atoms. The first-order valence-corrected chi connectivity index (χ1v) is 8.46. The van der Waals surface area contributed by atoms with Gasteiger partial charge in [0.15, 0.2) is 0 Å². The standard InChI is InChI=1S/C18H26N2O2/c21-13-15-8-10-20(11-9-15)18(22)19-17(16-6-7-16)12-14-4-2-1-3-5-14/h1-5,15-17,21H,6-13H2,(H,19,22). The first-order chi connectivity index (χ1) is 10.8. The van der Waals surface area contributed by atoms with Crippen molar-refractivity contribution in [2.75, 3.05) is 19.7 Å². The SMILES string of the molecule is O=C(NC(Cc1ccccc1)C1CC1)N1CCC(CO)CC1. The van der Waals surface area contributed by atoms with Crippen LogP contribution in [0.4, 0.5) is 4.79 Å². The zero-order valence-corrected chi connectivity index (χ0v) is 13.1. The second kappa shape index (κ2) is 7.14. The van der Waals surface area contributed by atoms with Gasteiger partial charge in [0.1, 0.15) is 0 Å². The van der Waals surface area contributed by atoms with Crippen molar-refractivity contribution in [3.63, 3.8) is 0 Å². The lowest BCUT2D eigenvalue weighted by Gasteiger charge is -2.32. The van der Waals surface area contributed by atoms with Crippen molar-refractivity contribution in [1.82, 2.24) is 10.2 Å². The van der Waals surface area contributed by atoms with Gasteiger partial charge in [0.25, 0.3) is 0 Å². The molecule has 1 aromatic carbocycles. The molecule has 22 heavy (non-hydrogen) atoms. The van der Waals surface area contributed by atoms with Crippen molar-refractivity contribution in [1.29, 1.82) is 0 Å². The summed E-state index contributed by atoms with van der Waals surface area (Å²) in [5.41, 5.74) is 1.29. The fraction of sp³-hybridized carbons (Fsp3) is 0.611. The van der Waals surface area contributed by atoms with Gasteiger partial charge in [-0.05, 0) is 49.5 Å². The van der Waals surface area contributed by atoms with Crippen molar-refractivity contribution in [3.8, 4) is 0 Å². The predicted octanol–water partition coefficient (Wildman–Crippen LogP) is 2.42. The van der Waals surface area contributed by atoms with E-state index in [0.29, 0.717) is 11.8 Å². The molecule has 4 nitrogen and oxygen atoms in total. The first-order valence-electron chi connectivity index (χ1n) is 8.46. The smallest absolute Gasteiger partial charge is 0.317 e. The summed E-state index contributed by atoms with van der Waals surface area (Å²) in [7, 11) is 0. The van der Waals surface area contributed by atoms with Crippen molar-refractivity contribution in [2.24, 2.45) is 11.8 Å². The van der Waals surface area contributed by atoms with E-state index in [9.17, 15) is 9.90 Å². The van der Waals surface area contributed by atoms with Gasteiger partial charge < -0.3 is 15.3 Å². The molecule has 0 aromatic heterocycles. The Bertz CT molecular complexity index is 479. The number of hydrogen-bond acceptors (Lipinski definition) is 2. The van der Waals surface area contributed by atoms with E-state index in [2.05, 4.69) is 29.6 Å². The molecule has 2 aliphatic rings. The Morgan fingerprint density at radius 1 is 1.18 bits per heavy atom. The van der Waals surface area contributed by atoms with Gasteiger partial charge in [-0.15, -0.1) is 0 Å². The second-order valence-corrected chi connectivity index (χ2v) is 6.70. The number of nitrogens with zero attached hydrogens (tertiary/aromatic N) is 1. The number of urea groups is 1. The van der Waals surface area contributed by atoms with Gasteiger partial charge in [-0.25, -0.2) is 4.79 Å². The van der Waals surface area contributed by atoms with Crippen LogP contribution in [0.3, 0.4) is 0 Å². The number of piperidine rings is 1. The van der Waals surface area contributed by atoms with Crippen LogP contribution in [0, 0.1) is 11.8 Å². The highest BCUT2D eigenvalue weighted by molar-refractivity contribution is 5.74. The third-order valence-electron chi connectivity index (χ3n) is 4.96. The molecule has 2 fully saturated rings. The zero-order valence-electron chi connectivity index (χ0n) is 13.1. The third kappa shape index (κ3) is 4.01. The predicted molar refractivity (Wildman–Crippen MR) is 86.6 cm³/mol. The van der Waals surface area contributed by atoms with Crippen molar-refractivity contribution in [2.45, 2.75) is 38.1 Å². The Morgan fingerprint density at radius 3 is 2.45 bits per heavy atom. The Kier molecular flexibility index (Phi) is 4.98. The Hall–Kier alpha value is -1.55. The first kappa shape index (κ1) is 15.3. The lowest BCUT2D eigenvalue weighted by Crippen LogP contribution is -2.49. The minimum Gasteiger partial charge on any atom is -0.396 e. The van der Waals surface area contributed by atoms with E-state index in [0.717, 1.165) is 32.4 Å². The Morgan fingerprint density at radius 2 is 1.86 bits per heavy atom. The molecule has 0 radical (unpaired) electrons. The van der Waals surface area contributed by atoms with E-state index in [-0.39, 0.29) is 18.7 Å². The summed E-state index contributed by atoms with van der Waals surface area (Å²) in [6.07, 6.45) is 5.20. The topological polar surface area (TPSA) is 52.6 Å². The largest absolute Gasteiger partial charge is 0.396 e. The van der Waals surface area contributed by atoms with Crippen LogP contribution in [-0.4, -0.2) is 41.8 Å². The highest BCUT2D eigenvalue weighted by Crippen LogP contribution is 2.34. The number of aliphatic hydroxyl groups is 1. The van der Waals surface area contributed by atoms with Crippen molar-refractivity contribution >= 4 is 6.03 Å². The molecular formula is C18H26N2O2. The van der Waals surface area contributed by atoms with Gasteiger partial charge in [0.05, 0.1) is 0 Å². The zero-order chi connectivity index (χ0) is 15.4. The summed E-state index contributed by atoms with van der Waals surface area (Å²) in [4.78, 5) is 14.4. The summed E-state index contributed by atoms with van der Waals surface area (Å²) >= 11 is 0. The van der Waals surface area contributed by atoms with Crippen LogP contribution >= 0.6 is 0 Å². The number of nitrogens with one attached hydrogen (secondary N) is 1. The highest BCUT2D eigenvalue weighted by atomic mass is 16.3. The number of aliphatic hydroxyl groups excluding tert-OH is 1. The second-order valence-electron chi connectivity index (χ2n) is 6.70. The van der Waals surface area contributed by atoms with E-state index in [1.807, 2.05) is 11.0 Å². The molecule has 3 rings (SSSR count). The maximum Gasteiger partial charge on any atom is 0.317 e. The minimum atomic E-state index is 0.0734. The normalized spacial score (nSPS) is 20.7. The average Bonchev–Trinajstić information content (AvgIpc) is 3.40. The minimum absolute atomic E-state index is 0.0734. The van der Waals surface area contributed by atoms with Crippen LogP contribution in [0.1, 0.15) is 31.2 Å². The monoisotopic (exact) mass is 302 g/mol. The van der Waals surface area contributed by atoms with Gasteiger partial charge in [0.2, 0.25) is 0 Å². The molecule has 1 heterocycles. The quantitative estimate of drug-likeness (QED) is 0.877. The lowest BCUT2D eigenvalue weighted by atomic mass is 9.98. The fourth-order valence-corrected chi connectivity index (χ4v) is 3.27. The molecule has 120 valence electrons. The number of likely N-dealkylation sites (tertiary alicyclic amines) is 1. The Labute approximate surface area is 132 Å². The van der Waals surface area contributed by atoms with E-state index in [1.165, 1.54) is 18.4 Å². The molecule has 1 aromatic rings. The van der Waals surface area contributed by atoms with Crippen LogP contribution in [0.5, 0.6) is 0 Å². The van der Waals surface area contributed by atoms with Crippen LogP contribution in [0.2, 0.25) is 0 Å². The van der Waals surface area contributed by atoms with E-state index >= 15 is 0 Å². The summed E-state index contributed by atoms with van der Waals surface area (Å²) in [6, 6.07) is 10.7. The lowest BCUT2D eigenvalue weighted by molar-refractivity contribution is 0.135. The summed E-state index contributed by atoms with van der Waals surface area (Å²) in [5, 5.41) is 12.4. The van der Waals surface area contributed by atoms with Crippen LogP contribution in [0.15, 0.2) is 30.3 Å². The van der Waals surface area contributed by atoms with Gasteiger partial charge in [-0.2, -0.15) is 0 Å². The molecule has 1 aliphatic carbocycles. The van der Waals surface area contributed by atoms with E-state index in [1.54, 1.807) is 0 Å². The molecule has 1 aliphatic heterocycles. The van der Waals surface area contributed by atoms with Gasteiger partial charge in [-0.3, -0.25) is 0 Å². The number of carbonyl (C=O) groups is 1. The fourth-order valence-electron chi connectivity index (χ4n) is 3.27. The van der Waals surface area contributed by atoms with Crippen LogP contribution in [-0.2, 0) is 6.42 Å². The van der Waals surface area contributed by atoms with Crippen molar-refractivity contribution in [3.05, 3.63) is 35.9 Å². The number of hydrogen-bond donors (Lipinski definition) is 2. The van der Waals surface area contributed by atoms with Gasteiger partial charge >= 0.3 is 6.03 Å². The van der Waals surface area contributed by atoms with Gasteiger partial charge in [0, 0.05) is 25.7 Å². The average molecular weight is 302 g/mol. The van der Waals surface area contributed by atoms with E-state index in [4.69, 9.17) is 0 Å². The molecule has 1 atom stereocenters. The summed E-state index contributed by atoms with van der Waals surface area (Å²) in [5.74, 6) is 1.01. The summed E-state index contributed by atoms with van der Waals surface area (Å²) < 4.78 is 0. The Balaban J connectivity index is 1.54. The number of benzene rings is 1. The molecular weight excluding hydrogens is 276 g/mol. The molecule has 0 bridgehead atoms. The summed E-state index contributed by atoms with van der Waals surface area (Å²) in [6.45, 7) is 1.77. The van der Waals surface area contributed by atoms with Crippen LogP contribution in [0.25, 0.3) is 0 Å².